The zero-order chi connectivity index (χ0) is 18.6. The van der Waals surface area contributed by atoms with Gasteiger partial charge < -0.3 is 9.67 Å². The van der Waals surface area contributed by atoms with Crippen LogP contribution in [0.15, 0.2) is 65.7 Å². The van der Waals surface area contributed by atoms with Crippen molar-refractivity contribution in [2.75, 3.05) is 6.61 Å². The quantitative estimate of drug-likeness (QED) is 0.524. The molecule has 1 aliphatic rings. The minimum atomic E-state index is -0.209. The second kappa shape index (κ2) is 7.55. The zero-order valence-electron chi connectivity index (χ0n) is 14.8. The van der Waals surface area contributed by atoms with E-state index in [9.17, 15) is 4.79 Å². The summed E-state index contributed by atoms with van der Waals surface area (Å²) in [4.78, 5) is 16.4. The van der Waals surface area contributed by atoms with Crippen LogP contribution < -0.4 is 5.43 Å². The minimum Gasteiger partial charge on any atom is -0.396 e. The molecule has 0 unspecified atom stereocenters. The average molecular weight is 360 g/mol. The number of rotatable bonds is 6. The summed E-state index contributed by atoms with van der Waals surface area (Å²) in [7, 11) is 0. The lowest BCUT2D eigenvalue weighted by Crippen LogP contribution is -2.13. The van der Waals surface area contributed by atoms with Gasteiger partial charge in [0.25, 0.3) is 5.91 Å². The number of aryl methyl sites for hydroxylation is 1. The van der Waals surface area contributed by atoms with Gasteiger partial charge in [0.2, 0.25) is 0 Å². The summed E-state index contributed by atoms with van der Waals surface area (Å²) >= 11 is 0. The predicted octanol–water partition coefficient (Wildman–Crippen LogP) is 2.73. The van der Waals surface area contributed by atoms with Gasteiger partial charge in [0.05, 0.1) is 5.57 Å². The van der Waals surface area contributed by atoms with Gasteiger partial charge in [-0.25, -0.2) is 5.43 Å². The number of carbonyl (C=O) groups is 1. The third-order valence-electron chi connectivity index (χ3n) is 4.65. The van der Waals surface area contributed by atoms with Gasteiger partial charge in [-0.15, -0.1) is 0 Å². The lowest BCUT2D eigenvalue weighted by Gasteiger charge is -2.03. The number of aromatic nitrogens is 2. The molecule has 2 aromatic heterocycles. The zero-order valence-corrected chi connectivity index (χ0v) is 14.8. The Bertz CT molecular complexity index is 1030. The molecule has 2 N–H and O–H groups in total. The van der Waals surface area contributed by atoms with Crippen LogP contribution >= 0.6 is 0 Å². The van der Waals surface area contributed by atoms with Crippen LogP contribution in [0.4, 0.5) is 0 Å². The Morgan fingerprint density at radius 3 is 2.74 bits per heavy atom. The standard InChI is InChI=1S/C21H20N4O2/c26-12-4-3-11-25-14-16(17-5-1-2-6-19(17)25)13-18-20(23-24-21(18)27)15-7-9-22-10-8-15/h1-2,5-10,13-14,26H,3-4,11-12H2,(H,24,27)/b18-13+. The molecule has 0 bridgehead atoms. The Labute approximate surface area is 156 Å². The Balaban J connectivity index is 1.75. The molecule has 1 aliphatic heterocycles. The van der Waals surface area contributed by atoms with Crippen LogP contribution in [0.5, 0.6) is 0 Å². The predicted molar refractivity (Wildman–Crippen MR) is 105 cm³/mol. The highest BCUT2D eigenvalue weighted by molar-refractivity contribution is 6.33. The van der Waals surface area contributed by atoms with Crippen LogP contribution in [0.2, 0.25) is 0 Å². The van der Waals surface area contributed by atoms with E-state index in [1.54, 1.807) is 12.4 Å². The first-order valence-corrected chi connectivity index (χ1v) is 8.97. The smallest absolute Gasteiger partial charge is 0.273 e. The number of hydrazone groups is 1. The van der Waals surface area contributed by atoms with Gasteiger partial charge in [0.1, 0.15) is 5.71 Å². The number of fused-ring (bicyclic) bond motifs is 1. The molecule has 27 heavy (non-hydrogen) atoms. The molecule has 3 aromatic rings. The first-order chi connectivity index (χ1) is 13.3. The first kappa shape index (κ1) is 17.2. The number of aliphatic hydroxyl groups excluding tert-OH is 1. The van der Waals surface area contributed by atoms with E-state index in [1.165, 1.54) is 0 Å². The minimum absolute atomic E-state index is 0.196. The molecule has 6 nitrogen and oxygen atoms in total. The van der Waals surface area contributed by atoms with Crippen molar-refractivity contribution in [2.45, 2.75) is 19.4 Å². The number of nitrogens with one attached hydrogen (secondary N) is 1. The fraction of sp³-hybridized carbons (Fsp3) is 0.190. The molecule has 4 rings (SSSR count). The van der Waals surface area contributed by atoms with E-state index in [0.29, 0.717) is 11.3 Å². The maximum absolute atomic E-state index is 12.4. The number of benzene rings is 1. The third-order valence-corrected chi connectivity index (χ3v) is 4.65. The van der Waals surface area contributed by atoms with E-state index < -0.39 is 0 Å². The molecule has 0 atom stereocenters. The molecule has 0 aliphatic carbocycles. The Kier molecular flexibility index (Phi) is 4.80. The third kappa shape index (κ3) is 3.39. The summed E-state index contributed by atoms with van der Waals surface area (Å²) in [5, 5.41) is 14.3. The highest BCUT2D eigenvalue weighted by Crippen LogP contribution is 2.26. The molecule has 0 radical (unpaired) electrons. The summed E-state index contributed by atoms with van der Waals surface area (Å²) in [5.74, 6) is -0.209. The molecule has 1 aromatic carbocycles. The maximum Gasteiger partial charge on any atom is 0.273 e. The highest BCUT2D eigenvalue weighted by atomic mass is 16.2. The number of amides is 1. The summed E-state index contributed by atoms with van der Waals surface area (Å²) in [6, 6.07) is 11.8. The van der Waals surface area contributed by atoms with Gasteiger partial charge in [-0.3, -0.25) is 9.78 Å². The van der Waals surface area contributed by atoms with Crippen LogP contribution in [0.3, 0.4) is 0 Å². The monoisotopic (exact) mass is 360 g/mol. The summed E-state index contributed by atoms with van der Waals surface area (Å²) in [5.41, 5.74) is 6.66. The molecule has 3 heterocycles. The van der Waals surface area contributed by atoms with Gasteiger partial charge >= 0.3 is 0 Å². The van der Waals surface area contributed by atoms with Crippen LogP contribution in [0.1, 0.15) is 24.0 Å². The van der Waals surface area contributed by atoms with Crippen molar-refractivity contribution in [3.8, 4) is 0 Å². The number of hydrogen-bond donors (Lipinski definition) is 2. The molecular weight excluding hydrogens is 340 g/mol. The lowest BCUT2D eigenvalue weighted by molar-refractivity contribution is -0.116. The van der Waals surface area contributed by atoms with E-state index in [2.05, 4.69) is 38.4 Å². The molecular formula is C21H20N4O2. The largest absolute Gasteiger partial charge is 0.396 e. The molecule has 6 heteroatoms. The van der Waals surface area contributed by atoms with E-state index in [0.717, 1.165) is 41.4 Å². The average Bonchev–Trinajstić information content (AvgIpc) is 3.24. The van der Waals surface area contributed by atoms with Gasteiger partial charge in [0.15, 0.2) is 0 Å². The topological polar surface area (TPSA) is 79.5 Å². The second-order valence-corrected chi connectivity index (χ2v) is 6.42. The molecule has 0 saturated heterocycles. The molecule has 0 spiro atoms. The van der Waals surface area contributed by atoms with Crippen LogP contribution in [0.25, 0.3) is 17.0 Å². The molecule has 0 saturated carbocycles. The number of aliphatic hydroxyl groups is 1. The number of hydrogen-bond acceptors (Lipinski definition) is 4. The maximum atomic E-state index is 12.4. The van der Waals surface area contributed by atoms with Crippen molar-refractivity contribution in [1.82, 2.24) is 15.0 Å². The van der Waals surface area contributed by atoms with E-state index in [-0.39, 0.29) is 12.5 Å². The normalized spacial score (nSPS) is 15.4. The summed E-state index contributed by atoms with van der Waals surface area (Å²) < 4.78 is 2.17. The Morgan fingerprint density at radius 2 is 1.93 bits per heavy atom. The van der Waals surface area contributed by atoms with E-state index in [4.69, 9.17) is 5.11 Å². The van der Waals surface area contributed by atoms with Gasteiger partial charge in [-0.05, 0) is 37.1 Å². The molecule has 1 amide bonds. The number of carbonyl (C=O) groups excluding carboxylic acids is 1. The van der Waals surface area contributed by atoms with Crippen LogP contribution in [-0.2, 0) is 11.3 Å². The first-order valence-electron chi connectivity index (χ1n) is 8.97. The van der Waals surface area contributed by atoms with Crippen molar-refractivity contribution in [3.05, 3.63) is 71.7 Å². The number of para-hydroxylation sites is 1. The van der Waals surface area contributed by atoms with Crippen molar-refractivity contribution in [2.24, 2.45) is 5.10 Å². The van der Waals surface area contributed by atoms with Crippen molar-refractivity contribution in [1.29, 1.82) is 0 Å². The van der Waals surface area contributed by atoms with Crippen LogP contribution in [0, 0.1) is 0 Å². The lowest BCUT2D eigenvalue weighted by atomic mass is 10.0. The second-order valence-electron chi connectivity index (χ2n) is 6.42. The summed E-state index contributed by atoms with van der Waals surface area (Å²) in [6.07, 6.45) is 8.99. The molecule has 136 valence electrons. The van der Waals surface area contributed by atoms with Gasteiger partial charge in [-0.1, -0.05) is 18.2 Å². The van der Waals surface area contributed by atoms with Crippen molar-refractivity contribution < 1.29 is 9.90 Å². The van der Waals surface area contributed by atoms with E-state index in [1.807, 2.05) is 30.3 Å². The number of pyridine rings is 1. The molecule has 0 fully saturated rings. The number of unbranched alkanes of at least 4 members (excludes halogenated alkanes) is 1. The number of nitrogens with zero attached hydrogens (tertiary/aromatic N) is 3. The Morgan fingerprint density at radius 1 is 1.11 bits per heavy atom. The van der Waals surface area contributed by atoms with Crippen LogP contribution in [-0.4, -0.2) is 32.9 Å². The Hall–Kier alpha value is -3.25. The van der Waals surface area contributed by atoms with Crippen molar-refractivity contribution in [3.63, 3.8) is 0 Å². The fourth-order valence-electron chi connectivity index (χ4n) is 3.32. The SMILES string of the molecule is O=C1NN=C(c2ccncc2)/C1=C\c1cn(CCCCO)c2ccccc12. The van der Waals surface area contributed by atoms with E-state index >= 15 is 0 Å². The van der Waals surface area contributed by atoms with Gasteiger partial charge in [-0.2, -0.15) is 5.10 Å². The summed E-state index contributed by atoms with van der Waals surface area (Å²) in [6.45, 7) is 1.02. The highest BCUT2D eigenvalue weighted by Gasteiger charge is 2.24. The van der Waals surface area contributed by atoms with Gasteiger partial charge in [0, 0.05) is 53.8 Å². The van der Waals surface area contributed by atoms with Crippen molar-refractivity contribution >= 4 is 28.6 Å². The fourth-order valence-corrected chi connectivity index (χ4v) is 3.32.